The number of nitrogen functional groups attached to an aromatic ring is 2. The number of hydrogen-bond acceptors (Lipinski definition) is 5. The molecule has 1 rings (SSSR count). The van der Waals surface area contributed by atoms with E-state index < -0.39 is 0 Å². The van der Waals surface area contributed by atoms with E-state index in [-0.39, 0.29) is 23.6 Å². The van der Waals surface area contributed by atoms with Gasteiger partial charge in [-0.15, -0.1) is 0 Å². The second-order valence-electron chi connectivity index (χ2n) is 3.24. The summed E-state index contributed by atoms with van der Waals surface area (Å²) in [5.41, 5.74) is 12.7. The number of anilines is 2. The molecule has 0 heterocycles. The molecule has 0 spiro atoms. The van der Waals surface area contributed by atoms with Crippen LogP contribution in [0.2, 0.25) is 0 Å². The highest BCUT2D eigenvalue weighted by molar-refractivity contribution is 5.77. The summed E-state index contributed by atoms with van der Waals surface area (Å²) in [4.78, 5) is 11.2. The van der Waals surface area contributed by atoms with Crippen molar-refractivity contribution in [2.24, 2.45) is 0 Å². The van der Waals surface area contributed by atoms with E-state index >= 15 is 0 Å². The lowest BCUT2D eigenvalue weighted by Crippen LogP contribution is -2.09. The highest BCUT2D eigenvalue weighted by Crippen LogP contribution is 2.22. The van der Waals surface area contributed by atoms with Gasteiger partial charge in [-0.2, -0.15) is 5.26 Å². The average Bonchev–Trinajstić information content (AvgIpc) is 2.23. The lowest BCUT2D eigenvalue weighted by molar-refractivity contribution is -0.142. The smallest absolute Gasteiger partial charge is 0.310 e. The van der Waals surface area contributed by atoms with Crippen molar-refractivity contribution in [2.45, 2.75) is 13.3 Å². The summed E-state index contributed by atoms with van der Waals surface area (Å²) in [7, 11) is 0. The van der Waals surface area contributed by atoms with E-state index in [1.54, 1.807) is 19.1 Å². The zero-order valence-electron chi connectivity index (χ0n) is 8.99. The molecular weight excluding hydrogens is 206 g/mol. The second-order valence-corrected chi connectivity index (χ2v) is 3.24. The molecule has 1 aromatic carbocycles. The zero-order chi connectivity index (χ0) is 12.1. The third kappa shape index (κ3) is 2.64. The summed E-state index contributed by atoms with van der Waals surface area (Å²) in [5.74, 6) is -0.351. The number of carbonyl (C=O) groups is 1. The van der Waals surface area contributed by atoms with Gasteiger partial charge in [0, 0.05) is 0 Å². The Morgan fingerprint density at radius 3 is 2.75 bits per heavy atom. The Morgan fingerprint density at radius 2 is 2.19 bits per heavy atom. The first-order valence-corrected chi connectivity index (χ1v) is 4.82. The molecule has 0 saturated heterocycles. The normalized spacial score (nSPS) is 9.50. The van der Waals surface area contributed by atoms with E-state index in [1.165, 1.54) is 0 Å². The van der Waals surface area contributed by atoms with Gasteiger partial charge in [0.15, 0.2) is 0 Å². The maximum Gasteiger partial charge on any atom is 0.310 e. The molecule has 5 nitrogen and oxygen atoms in total. The monoisotopic (exact) mass is 219 g/mol. The number of nitrogens with two attached hydrogens (primary N) is 2. The highest BCUT2D eigenvalue weighted by Gasteiger charge is 2.09. The van der Waals surface area contributed by atoms with Crippen molar-refractivity contribution in [3.05, 3.63) is 23.3 Å². The van der Waals surface area contributed by atoms with Crippen molar-refractivity contribution >= 4 is 17.3 Å². The van der Waals surface area contributed by atoms with Gasteiger partial charge in [0.2, 0.25) is 0 Å². The van der Waals surface area contributed by atoms with Gasteiger partial charge in [-0.1, -0.05) is 0 Å². The molecule has 16 heavy (non-hydrogen) atoms. The van der Waals surface area contributed by atoms with Crippen molar-refractivity contribution in [1.29, 1.82) is 5.26 Å². The number of benzene rings is 1. The maximum atomic E-state index is 11.2. The Bertz CT molecular complexity index is 449. The van der Waals surface area contributed by atoms with Crippen LogP contribution < -0.4 is 11.5 Å². The molecule has 0 amide bonds. The SMILES string of the molecule is CCOC(=O)Cc1cc(N)c(N)c(C#N)c1. The van der Waals surface area contributed by atoms with Gasteiger partial charge in [0.25, 0.3) is 0 Å². The molecule has 0 aromatic heterocycles. The van der Waals surface area contributed by atoms with E-state index in [9.17, 15) is 4.79 Å². The first-order valence-electron chi connectivity index (χ1n) is 4.82. The number of hydrogen-bond donors (Lipinski definition) is 2. The fourth-order valence-electron chi connectivity index (χ4n) is 1.31. The number of rotatable bonds is 3. The molecule has 0 atom stereocenters. The largest absolute Gasteiger partial charge is 0.466 e. The predicted octanol–water partition coefficient (Wildman–Crippen LogP) is 0.828. The number of carbonyl (C=O) groups excluding carboxylic acids is 1. The number of nitriles is 1. The highest BCUT2D eigenvalue weighted by atomic mass is 16.5. The quantitative estimate of drug-likeness (QED) is 0.579. The first-order chi connectivity index (χ1) is 7.58. The Morgan fingerprint density at radius 1 is 1.50 bits per heavy atom. The van der Waals surface area contributed by atoms with Crippen LogP contribution in [0, 0.1) is 11.3 Å². The van der Waals surface area contributed by atoms with E-state index in [2.05, 4.69) is 0 Å². The topological polar surface area (TPSA) is 102 Å². The van der Waals surface area contributed by atoms with Crippen molar-refractivity contribution in [1.82, 2.24) is 0 Å². The molecule has 84 valence electrons. The molecule has 1 aromatic rings. The molecule has 0 unspecified atom stereocenters. The van der Waals surface area contributed by atoms with Crippen LogP contribution in [0.3, 0.4) is 0 Å². The van der Waals surface area contributed by atoms with Crippen LogP contribution in [0.5, 0.6) is 0 Å². The third-order valence-corrected chi connectivity index (χ3v) is 2.05. The summed E-state index contributed by atoms with van der Waals surface area (Å²) in [6.07, 6.45) is 0.0903. The summed E-state index contributed by atoms with van der Waals surface area (Å²) in [6, 6.07) is 5.05. The van der Waals surface area contributed by atoms with Gasteiger partial charge in [-0.25, -0.2) is 0 Å². The van der Waals surface area contributed by atoms with Crippen molar-refractivity contribution < 1.29 is 9.53 Å². The van der Waals surface area contributed by atoms with Gasteiger partial charge in [0.05, 0.1) is 30.0 Å². The van der Waals surface area contributed by atoms with Gasteiger partial charge < -0.3 is 16.2 Å². The molecule has 0 aliphatic rings. The van der Waals surface area contributed by atoms with Crippen LogP contribution in [0.15, 0.2) is 12.1 Å². The van der Waals surface area contributed by atoms with E-state index in [0.717, 1.165) is 0 Å². The van der Waals surface area contributed by atoms with Crippen molar-refractivity contribution in [2.75, 3.05) is 18.1 Å². The van der Waals surface area contributed by atoms with Crippen LogP contribution >= 0.6 is 0 Å². The molecule has 0 radical (unpaired) electrons. The first kappa shape index (κ1) is 11.9. The average molecular weight is 219 g/mol. The maximum absolute atomic E-state index is 11.2. The van der Waals surface area contributed by atoms with E-state index in [4.69, 9.17) is 21.5 Å². The van der Waals surface area contributed by atoms with Crippen molar-refractivity contribution in [3.63, 3.8) is 0 Å². The minimum atomic E-state index is -0.351. The van der Waals surface area contributed by atoms with Gasteiger partial charge in [-0.05, 0) is 24.6 Å². The fraction of sp³-hybridized carbons (Fsp3) is 0.273. The van der Waals surface area contributed by atoms with Crippen LogP contribution in [0.4, 0.5) is 11.4 Å². The minimum absolute atomic E-state index is 0.0903. The molecule has 0 bridgehead atoms. The summed E-state index contributed by atoms with van der Waals surface area (Å²) in [5, 5.41) is 8.80. The Kier molecular flexibility index (Phi) is 3.72. The van der Waals surface area contributed by atoms with Crippen LogP contribution in [0.25, 0.3) is 0 Å². The number of nitrogens with zero attached hydrogens (tertiary/aromatic N) is 1. The molecule has 0 fully saturated rings. The standard InChI is InChI=1S/C11H13N3O2/c1-2-16-10(15)5-7-3-8(6-12)11(14)9(13)4-7/h3-4H,2,5,13-14H2,1H3. The van der Waals surface area contributed by atoms with E-state index in [1.807, 2.05) is 6.07 Å². The number of ether oxygens (including phenoxy) is 1. The third-order valence-electron chi connectivity index (χ3n) is 2.05. The molecule has 0 saturated carbocycles. The van der Waals surface area contributed by atoms with Crippen LogP contribution in [0.1, 0.15) is 18.1 Å². The Hall–Kier alpha value is -2.22. The van der Waals surface area contributed by atoms with Gasteiger partial charge >= 0.3 is 5.97 Å². The predicted molar refractivity (Wildman–Crippen MR) is 60.3 cm³/mol. The van der Waals surface area contributed by atoms with Crippen molar-refractivity contribution in [3.8, 4) is 6.07 Å². The summed E-state index contributed by atoms with van der Waals surface area (Å²) >= 11 is 0. The van der Waals surface area contributed by atoms with Crippen LogP contribution in [-0.4, -0.2) is 12.6 Å². The van der Waals surface area contributed by atoms with Gasteiger partial charge in [0.1, 0.15) is 6.07 Å². The molecule has 5 heteroatoms. The molecule has 0 aliphatic heterocycles. The fourth-order valence-corrected chi connectivity index (χ4v) is 1.31. The van der Waals surface area contributed by atoms with Crippen LogP contribution in [-0.2, 0) is 16.0 Å². The summed E-state index contributed by atoms with van der Waals surface area (Å²) < 4.78 is 4.80. The molecule has 0 aliphatic carbocycles. The van der Waals surface area contributed by atoms with Gasteiger partial charge in [-0.3, -0.25) is 4.79 Å². The number of esters is 1. The zero-order valence-corrected chi connectivity index (χ0v) is 8.99. The Balaban J connectivity index is 2.95. The Labute approximate surface area is 93.6 Å². The lowest BCUT2D eigenvalue weighted by Gasteiger charge is -2.06. The molecular formula is C11H13N3O2. The van der Waals surface area contributed by atoms with E-state index in [0.29, 0.717) is 17.9 Å². The minimum Gasteiger partial charge on any atom is -0.466 e. The molecule has 4 N–H and O–H groups in total. The lowest BCUT2D eigenvalue weighted by atomic mass is 10.1. The second kappa shape index (κ2) is 5.03. The summed E-state index contributed by atoms with van der Waals surface area (Å²) in [6.45, 7) is 2.06.